The van der Waals surface area contributed by atoms with Crippen molar-refractivity contribution in [2.75, 3.05) is 6.61 Å². The van der Waals surface area contributed by atoms with Crippen molar-refractivity contribution < 1.29 is 9.53 Å². The minimum atomic E-state index is -0.307. The Bertz CT molecular complexity index is 903. The quantitative estimate of drug-likeness (QED) is 0.509. The van der Waals surface area contributed by atoms with E-state index in [0.29, 0.717) is 17.6 Å². The van der Waals surface area contributed by atoms with Crippen LogP contribution in [-0.4, -0.2) is 37.3 Å². The summed E-state index contributed by atoms with van der Waals surface area (Å²) < 4.78 is 6.75. The number of carbonyl (C=O) groups excluding carboxylic acids is 1. The lowest BCUT2D eigenvalue weighted by Gasteiger charge is -2.04. The van der Waals surface area contributed by atoms with Gasteiger partial charge < -0.3 is 9.30 Å². The van der Waals surface area contributed by atoms with E-state index in [9.17, 15) is 4.79 Å². The van der Waals surface area contributed by atoms with Crippen LogP contribution in [0.4, 0.5) is 0 Å². The zero-order chi connectivity index (χ0) is 17.3. The molecule has 0 aliphatic carbocycles. The zero-order valence-electron chi connectivity index (χ0n) is 13.9. The second-order valence-electron chi connectivity index (χ2n) is 5.18. The van der Waals surface area contributed by atoms with Crippen molar-refractivity contribution in [3.8, 4) is 0 Å². The van der Waals surface area contributed by atoms with Gasteiger partial charge in [0, 0.05) is 17.3 Å². The van der Waals surface area contributed by atoms with E-state index >= 15 is 0 Å². The molecule has 3 aromatic heterocycles. The summed E-state index contributed by atoms with van der Waals surface area (Å²) in [6.45, 7) is 6.29. The van der Waals surface area contributed by atoms with Crippen molar-refractivity contribution in [1.82, 2.24) is 24.7 Å². The molecule has 0 spiro atoms. The van der Waals surface area contributed by atoms with E-state index in [4.69, 9.17) is 4.74 Å². The molecule has 3 rings (SSSR count). The number of hydrogen-bond donors (Lipinski definition) is 0. The summed E-state index contributed by atoms with van der Waals surface area (Å²) >= 11 is 3.08. The predicted molar refractivity (Wildman–Crippen MR) is 92.4 cm³/mol. The molecular weight excluding hydrogens is 346 g/mol. The molecule has 0 radical (unpaired) electrons. The lowest BCUT2D eigenvalue weighted by Crippen LogP contribution is -2.11. The summed E-state index contributed by atoms with van der Waals surface area (Å²) in [4.78, 5) is 22.6. The van der Waals surface area contributed by atoms with Crippen LogP contribution in [-0.2, 0) is 23.0 Å². The van der Waals surface area contributed by atoms with Gasteiger partial charge in [-0.05, 0) is 38.1 Å². The molecule has 0 fully saturated rings. The molecule has 0 saturated carbocycles. The molecule has 0 amide bonds. The van der Waals surface area contributed by atoms with Gasteiger partial charge in [0.2, 0.25) is 0 Å². The van der Waals surface area contributed by atoms with Crippen LogP contribution in [0, 0.1) is 13.8 Å². The van der Waals surface area contributed by atoms with Gasteiger partial charge >= 0.3 is 5.97 Å². The lowest BCUT2D eigenvalue weighted by molar-refractivity contribution is -0.142. The van der Waals surface area contributed by atoms with Crippen LogP contribution in [0.5, 0.6) is 0 Å². The number of aryl methyl sites for hydroxylation is 2. The monoisotopic (exact) mass is 363 g/mol. The number of aromatic nitrogens is 5. The molecule has 9 heteroatoms. The normalized spacial score (nSPS) is 11.2. The van der Waals surface area contributed by atoms with Crippen LogP contribution in [0.25, 0.3) is 10.2 Å². The summed E-state index contributed by atoms with van der Waals surface area (Å²) in [6, 6.07) is 0. The molecule has 0 unspecified atom stereocenters. The summed E-state index contributed by atoms with van der Waals surface area (Å²) in [7, 11) is 1.83. The molecule has 7 nitrogen and oxygen atoms in total. The molecule has 126 valence electrons. The molecule has 0 aromatic carbocycles. The van der Waals surface area contributed by atoms with Gasteiger partial charge in [-0.3, -0.25) is 4.79 Å². The van der Waals surface area contributed by atoms with Gasteiger partial charge in [-0.25, -0.2) is 9.97 Å². The topological polar surface area (TPSA) is 82.8 Å². The average molecular weight is 363 g/mol. The third-order valence-corrected chi connectivity index (χ3v) is 5.81. The fraction of sp³-hybridized carbons (Fsp3) is 0.400. The second-order valence-corrected chi connectivity index (χ2v) is 7.34. The number of esters is 1. The van der Waals surface area contributed by atoms with E-state index in [-0.39, 0.29) is 12.4 Å². The van der Waals surface area contributed by atoms with Crippen LogP contribution in [0.2, 0.25) is 0 Å². The number of thiophene rings is 1. The standard InChI is InChI=1S/C15H17N5O2S2/c1-5-22-11(21)6-10-18-19-15(20(10)4)24-14-12-8(2)9(3)23-13(12)16-7-17-14/h7H,5-6H2,1-4H3. The average Bonchev–Trinajstić information content (AvgIpc) is 3.02. The fourth-order valence-electron chi connectivity index (χ4n) is 2.24. The van der Waals surface area contributed by atoms with Crippen LogP contribution in [0.1, 0.15) is 23.2 Å². The van der Waals surface area contributed by atoms with E-state index in [1.54, 1.807) is 29.2 Å². The van der Waals surface area contributed by atoms with Crippen molar-refractivity contribution >= 4 is 39.3 Å². The second kappa shape index (κ2) is 6.86. The smallest absolute Gasteiger partial charge is 0.313 e. The van der Waals surface area contributed by atoms with Crippen molar-refractivity contribution in [2.45, 2.75) is 37.4 Å². The van der Waals surface area contributed by atoms with Crippen molar-refractivity contribution in [2.24, 2.45) is 7.05 Å². The van der Waals surface area contributed by atoms with Crippen molar-refractivity contribution in [3.63, 3.8) is 0 Å². The Morgan fingerprint density at radius 2 is 2.12 bits per heavy atom. The highest BCUT2D eigenvalue weighted by Gasteiger charge is 2.18. The van der Waals surface area contributed by atoms with E-state index in [1.807, 2.05) is 7.05 Å². The molecule has 3 heterocycles. The molecule has 0 atom stereocenters. The third kappa shape index (κ3) is 3.13. The van der Waals surface area contributed by atoms with Crippen molar-refractivity contribution in [3.05, 3.63) is 22.6 Å². The Labute approximate surface area is 147 Å². The minimum Gasteiger partial charge on any atom is -0.466 e. The number of ether oxygens (including phenoxy) is 1. The highest BCUT2D eigenvalue weighted by atomic mass is 32.2. The van der Waals surface area contributed by atoms with Gasteiger partial charge in [-0.15, -0.1) is 21.5 Å². The largest absolute Gasteiger partial charge is 0.466 e. The number of hydrogen-bond acceptors (Lipinski definition) is 8. The maximum Gasteiger partial charge on any atom is 0.313 e. The van der Waals surface area contributed by atoms with Gasteiger partial charge in [0.25, 0.3) is 0 Å². The number of rotatable bonds is 5. The summed E-state index contributed by atoms with van der Waals surface area (Å²) in [6.07, 6.45) is 1.67. The molecule has 0 aliphatic heterocycles. The van der Waals surface area contributed by atoms with Gasteiger partial charge in [0.15, 0.2) is 5.16 Å². The van der Waals surface area contributed by atoms with Crippen LogP contribution in [0.3, 0.4) is 0 Å². The molecule has 0 bridgehead atoms. The minimum absolute atomic E-state index is 0.105. The molecule has 24 heavy (non-hydrogen) atoms. The summed E-state index contributed by atoms with van der Waals surface area (Å²) in [5.74, 6) is 0.262. The lowest BCUT2D eigenvalue weighted by atomic mass is 10.2. The Morgan fingerprint density at radius 3 is 2.88 bits per heavy atom. The van der Waals surface area contributed by atoms with Gasteiger partial charge in [0.05, 0.1) is 6.61 Å². The van der Waals surface area contributed by atoms with E-state index in [1.165, 1.54) is 22.2 Å². The number of nitrogens with zero attached hydrogens (tertiary/aromatic N) is 5. The Hall–Kier alpha value is -2.00. The number of fused-ring (bicyclic) bond motifs is 1. The summed E-state index contributed by atoms with van der Waals surface area (Å²) in [5.41, 5.74) is 1.19. The van der Waals surface area contributed by atoms with E-state index in [2.05, 4.69) is 34.0 Å². The Morgan fingerprint density at radius 1 is 1.33 bits per heavy atom. The van der Waals surface area contributed by atoms with Crippen LogP contribution >= 0.6 is 23.1 Å². The maximum atomic E-state index is 11.6. The first kappa shape index (κ1) is 16.8. The molecule has 0 saturated heterocycles. The molecule has 0 N–H and O–H groups in total. The highest BCUT2D eigenvalue weighted by molar-refractivity contribution is 7.99. The molecule has 0 aliphatic rings. The summed E-state index contributed by atoms with van der Waals surface area (Å²) in [5, 5.41) is 10.9. The fourth-order valence-corrected chi connectivity index (χ4v) is 4.25. The van der Waals surface area contributed by atoms with Crippen molar-refractivity contribution in [1.29, 1.82) is 0 Å². The first-order valence-corrected chi connectivity index (χ1v) is 9.07. The van der Waals surface area contributed by atoms with Crippen LogP contribution in [0.15, 0.2) is 16.5 Å². The molecule has 3 aromatic rings. The van der Waals surface area contributed by atoms with E-state index in [0.717, 1.165) is 15.2 Å². The zero-order valence-corrected chi connectivity index (χ0v) is 15.5. The van der Waals surface area contributed by atoms with Gasteiger partial charge in [0.1, 0.15) is 28.4 Å². The first-order valence-electron chi connectivity index (χ1n) is 7.43. The Balaban J connectivity index is 1.90. The predicted octanol–water partition coefficient (Wildman–Crippen LogP) is 2.69. The van der Waals surface area contributed by atoms with Crippen LogP contribution < -0.4 is 0 Å². The molecular formula is C15H17N5O2S2. The van der Waals surface area contributed by atoms with E-state index < -0.39 is 0 Å². The maximum absolute atomic E-state index is 11.6. The number of carbonyl (C=O) groups is 1. The Kier molecular flexibility index (Phi) is 4.81. The van der Waals surface area contributed by atoms with Gasteiger partial charge in [-0.1, -0.05) is 0 Å². The highest BCUT2D eigenvalue weighted by Crippen LogP contribution is 2.36. The SMILES string of the molecule is CCOC(=O)Cc1nnc(Sc2ncnc3sc(C)c(C)c23)n1C. The first-order chi connectivity index (χ1) is 11.5. The third-order valence-electron chi connectivity index (χ3n) is 3.65. The van der Waals surface area contributed by atoms with Gasteiger partial charge in [-0.2, -0.15) is 0 Å².